The Labute approximate surface area is 199 Å². The number of alkyl halides is 6. The van der Waals surface area contributed by atoms with Crippen LogP contribution in [-0.2, 0) is 12.5 Å². The number of ether oxygens (including phenoxy) is 1. The fourth-order valence-corrected chi connectivity index (χ4v) is 3.43. The predicted molar refractivity (Wildman–Crippen MR) is 115 cm³/mol. The number of aromatic nitrogens is 3. The zero-order chi connectivity index (χ0) is 26.9. The van der Waals surface area contributed by atoms with Gasteiger partial charge in [-0.15, -0.1) is 0 Å². The smallest absolute Gasteiger partial charge is 0.352 e. The summed E-state index contributed by atoms with van der Waals surface area (Å²) in [4.78, 5) is 31.3. The van der Waals surface area contributed by atoms with Crippen LogP contribution in [0.15, 0.2) is 34.1 Å². The predicted octanol–water partition coefficient (Wildman–Crippen LogP) is 4.86. The summed E-state index contributed by atoms with van der Waals surface area (Å²) in [6.45, 7) is 3.93. The van der Waals surface area contributed by atoms with Gasteiger partial charge in [0.15, 0.2) is 5.69 Å². The minimum Gasteiger partial charge on any atom is -0.449 e. The summed E-state index contributed by atoms with van der Waals surface area (Å²) in [5.41, 5.74) is -3.79. The Morgan fingerprint density at radius 1 is 1.14 bits per heavy atom. The van der Waals surface area contributed by atoms with Crippen LogP contribution in [0.25, 0.3) is 0 Å². The minimum absolute atomic E-state index is 0.0615. The fourth-order valence-electron chi connectivity index (χ4n) is 3.43. The number of hydrogen-bond donors (Lipinski definition) is 1. The highest BCUT2D eigenvalue weighted by Gasteiger charge is 2.48. The van der Waals surface area contributed by atoms with Gasteiger partial charge < -0.3 is 9.72 Å². The molecule has 0 amide bonds. The van der Waals surface area contributed by atoms with E-state index in [4.69, 9.17) is 4.74 Å². The van der Waals surface area contributed by atoms with Crippen molar-refractivity contribution in [2.75, 3.05) is 0 Å². The lowest BCUT2D eigenvalue weighted by atomic mass is 10.0. The maximum Gasteiger partial charge on any atom is 0.352 e. The van der Waals surface area contributed by atoms with Crippen LogP contribution >= 0.6 is 0 Å². The van der Waals surface area contributed by atoms with Crippen molar-refractivity contribution in [3.8, 4) is 17.6 Å². The van der Waals surface area contributed by atoms with Crippen LogP contribution in [0.4, 0.5) is 26.3 Å². The molecule has 3 rings (SSSR count). The summed E-state index contributed by atoms with van der Waals surface area (Å²) in [7, 11) is 0. The molecule has 0 unspecified atom stereocenters. The number of nitrogens with one attached hydrogen (secondary N) is 1. The van der Waals surface area contributed by atoms with Gasteiger partial charge in [-0.2, -0.15) is 14.0 Å². The molecule has 0 aliphatic rings. The summed E-state index contributed by atoms with van der Waals surface area (Å²) in [6, 6.07) is 4.78. The summed E-state index contributed by atoms with van der Waals surface area (Å²) >= 11 is 0. The molecule has 13 heteroatoms. The molecule has 0 aliphatic carbocycles. The van der Waals surface area contributed by atoms with Crippen molar-refractivity contribution in [3.63, 3.8) is 0 Å². The van der Waals surface area contributed by atoms with Gasteiger partial charge in [-0.3, -0.25) is 14.2 Å². The van der Waals surface area contributed by atoms with Crippen LogP contribution in [0.5, 0.6) is 11.5 Å². The number of halogens is 6. The third kappa shape index (κ3) is 4.98. The first-order chi connectivity index (χ1) is 16.8. The first-order valence-corrected chi connectivity index (χ1v) is 10.2. The number of pyridine rings is 1. The molecule has 0 saturated carbocycles. The molecule has 2 heterocycles. The van der Waals surface area contributed by atoms with E-state index >= 15 is 0 Å². The average Bonchev–Trinajstić information content (AvgIpc) is 2.79. The molecule has 0 bridgehead atoms. The van der Waals surface area contributed by atoms with E-state index in [0.29, 0.717) is 28.2 Å². The number of hydrogen-bond acceptors (Lipinski definition) is 5. The van der Waals surface area contributed by atoms with Gasteiger partial charge in [-0.25, -0.2) is 22.5 Å². The number of benzene rings is 1. The van der Waals surface area contributed by atoms with E-state index in [1.165, 1.54) is 6.92 Å². The molecule has 1 aromatic carbocycles. The van der Waals surface area contributed by atoms with E-state index < -0.39 is 59.2 Å². The van der Waals surface area contributed by atoms with Crippen LogP contribution in [0.1, 0.15) is 45.6 Å². The Morgan fingerprint density at radius 2 is 1.81 bits per heavy atom. The van der Waals surface area contributed by atoms with E-state index in [2.05, 4.69) is 9.97 Å². The Bertz CT molecular complexity index is 1470. The quantitative estimate of drug-likeness (QED) is 0.456. The Morgan fingerprint density at radius 3 is 2.36 bits per heavy atom. The number of aryl methyl sites for hydroxylation is 2. The first-order valence-electron chi connectivity index (χ1n) is 10.2. The molecule has 1 N–H and O–H groups in total. The van der Waals surface area contributed by atoms with Crippen molar-refractivity contribution < 1.29 is 31.1 Å². The van der Waals surface area contributed by atoms with Gasteiger partial charge in [0.25, 0.3) is 17.5 Å². The molecule has 0 aliphatic heterocycles. The van der Waals surface area contributed by atoms with Crippen LogP contribution in [-0.4, -0.2) is 21.0 Å². The Hall–Kier alpha value is -4.08. The second-order valence-corrected chi connectivity index (χ2v) is 7.93. The molecule has 7 nitrogen and oxygen atoms in total. The molecule has 0 atom stereocenters. The highest BCUT2D eigenvalue weighted by molar-refractivity contribution is 5.51. The SMILES string of the molecule is Cc1cc(C)c(Cn2cnc(C(F)(F)C(F)F)c(Oc3cc(C(F)F)cc(C#N)c3C)c2=O)c(=O)[nH]1. The van der Waals surface area contributed by atoms with Crippen molar-refractivity contribution in [2.45, 2.75) is 46.1 Å². The molecule has 3 aromatic rings. The first kappa shape index (κ1) is 26.5. The molecular weight excluding hydrogens is 494 g/mol. The number of aromatic amines is 1. The van der Waals surface area contributed by atoms with Crippen molar-refractivity contribution in [2.24, 2.45) is 0 Å². The van der Waals surface area contributed by atoms with Gasteiger partial charge in [-0.05, 0) is 44.5 Å². The summed E-state index contributed by atoms with van der Waals surface area (Å²) in [5, 5.41) is 9.23. The second kappa shape index (κ2) is 9.88. The van der Waals surface area contributed by atoms with Crippen LogP contribution in [0, 0.1) is 32.1 Å². The lowest BCUT2D eigenvalue weighted by Gasteiger charge is -2.20. The molecule has 0 fully saturated rings. The zero-order valence-corrected chi connectivity index (χ0v) is 19.0. The zero-order valence-electron chi connectivity index (χ0n) is 19.0. The van der Waals surface area contributed by atoms with Crippen molar-refractivity contribution >= 4 is 0 Å². The third-order valence-corrected chi connectivity index (χ3v) is 5.38. The van der Waals surface area contributed by atoms with E-state index in [1.54, 1.807) is 26.0 Å². The van der Waals surface area contributed by atoms with E-state index in [1.807, 2.05) is 0 Å². The second-order valence-electron chi connectivity index (χ2n) is 7.93. The summed E-state index contributed by atoms with van der Waals surface area (Å²) in [5.74, 6) is -6.91. The van der Waals surface area contributed by atoms with Crippen LogP contribution in [0.2, 0.25) is 0 Å². The van der Waals surface area contributed by atoms with E-state index in [0.717, 1.165) is 6.07 Å². The largest absolute Gasteiger partial charge is 0.449 e. The van der Waals surface area contributed by atoms with E-state index in [-0.39, 0.29) is 16.7 Å². The lowest BCUT2D eigenvalue weighted by molar-refractivity contribution is -0.139. The third-order valence-electron chi connectivity index (χ3n) is 5.38. The lowest BCUT2D eigenvalue weighted by Crippen LogP contribution is -2.32. The molecule has 36 heavy (non-hydrogen) atoms. The number of rotatable bonds is 7. The molecule has 0 spiro atoms. The normalized spacial score (nSPS) is 11.7. The topological polar surface area (TPSA) is 101 Å². The van der Waals surface area contributed by atoms with E-state index in [9.17, 15) is 41.2 Å². The summed E-state index contributed by atoms with van der Waals surface area (Å²) in [6.07, 6.45) is -6.82. The van der Waals surface area contributed by atoms with Gasteiger partial charge in [0, 0.05) is 22.4 Å². The average molecular weight is 512 g/mol. The Balaban J connectivity index is 2.25. The van der Waals surface area contributed by atoms with Gasteiger partial charge >= 0.3 is 12.3 Å². The standard InChI is InChI=1S/C23H18F6N4O3/c1-10-4-11(2)32-20(34)15(10)8-33-9-31-18(23(28,29)22(26)27)17(21(33)35)36-16-6-13(19(24)25)5-14(7-30)12(16)3/h4-6,9,19,22H,8H2,1-3H3,(H,32,34). The van der Waals surface area contributed by atoms with Crippen LogP contribution in [0.3, 0.4) is 0 Å². The number of H-pyrrole nitrogens is 1. The van der Waals surface area contributed by atoms with Gasteiger partial charge in [0.1, 0.15) is 5.75 Å². The Kier molecular flexibility index (Phi) is 7.28. The monoisotopic (exact) mass is 512 g/mol. The minimum atomic E-state index is -4.95. The molecule has 190 valence electrons. The van der Waals surface area contributed by atoms with Gasteiger partial charge in [0.2, 0.25) is 5.75 Å². The molecular formula is C23H18F6N4O3. The highest BCUT2D eigenvalue weighted by Crippen LogP contribution is 2.39. The highest BCUT2D eigenvalue weighted by atomic mass is 19.3. The van der Waals surface area contributed by atoms with Crippen molar-refractivity contribution in [1.29, 1.82) is 5.26 Å². The van der Waals surface area contributed by atoms with Crippen molar-refractivity contribution in [1.82, 2.24) is 14.5 Å². The maximum atomic E-state index is 14.3. The maximum absolute atomic E-state index is 14.3. The van der Waals surface area contributed by atoms with Gasteiger partial charge in [-0.1, -0.05) is 0 Å². The molecule has 2 aromatic heterocycles. The molecule has 0 saturated heterocycles. The fraction of sp³-hybridized carbons (Fsp3) is 0.304. The summed E-state index contributed by atoms with van der Waals surface area (Å²) < 4.78 is 87.5. The van der Waals surface area contributed by atoms with Crippen molar-refractivity contribution in [3.05, 3.63) is 84.4 Å². The number of nitriles is 1. The molecule has 0 radical (unpaired) electrons. The number of nitrogens with zero attached hydrogens (tertiary/aromatic N) is 3. The van der Waals surface area contributed by atoms with Crippen LogP contribution < -0.4 is 15.9 Å². The van der Waals surface area contributed by atoms with Gasteiger partial charge in [0.05, 0.1) is 24.5 Å².